The Morgan fingerprint density at radius 3 is 1.00 bits per heavy atom. The van der Waals surface area contributed by atoms with Crippen molar-refractivity contribution in [1.82, 2.24) is 15.0 Å². The third-order valence-electron chi connectivity index (χ3n) is 12.1. The highest BCUT2D eigenvalue weighted by atomic mass is 15.0. The van der Waals surface area contributed by atoms with Gasteiger partial charge in [0.15, 0.2) is 17.5 Å². The Labute approximate surface area is 302 Å². The van der Waals surface area contributed by atoms with Crippen molar-refractivity contribution in [3.05, 3.63) is 163 Å². The summed E-state index contributed by atoms with van der Waals surface area (Å²) >= 11 is 0. The Balaban J connectivity index is 1.23. The van der Waals surface area contributed by atoms with Crippen molar-refractivity contribution in [2.24, 2.45) is 5.41 Å². The van der Waals surface area contributed by atoms with Gasteiger partial charge >= 0.3 is 0 Å². The second-order valence-corrected chi connectivity index (χ2v) is 15.4. The molecule has 0 N–H and O–H groups in total. The minimum absolute atomic E-state index is 0.00413. The summed E-state index contributed by atoms with van der Waals surface area (Å²) in [5.41, 5.74) is 13.1. The van der Waals surface area contributed by atoms with Crippen molar-refractivity contribution in [2.45, 2.75) is 52.4 Å². The lowest BCUT2D eigenvalue weighted by molar-refractivity contribution is 0.125. The van der Waals surface area contributed by atoms with E-state index in [1.165, 1.54) is 38.9 Å². The summed E-state index contributed by atoms with van der Waals surface area (Å²) in [5.74, 6) is 1.96. The van der Waals surface area contributed by atoms with E-state index in [1.54, 1.807) is 0 Å². The van der Waals surface area contributed by atoms with Gasteiger partial charge < -0.3 is 0 Å². The van der Waals surface area contributed by atoms with Crippen molar-refractivity contribution in [2.75, 3.05) is 0 Å². The quantitative estimate of drug-likeness (QED) is 0.178. The van der Waals surface area contributed by atoms with Gasteiger partial charge in [0.05, 0.1) is 0 Å². The molecule has 1 aliphatic rings. The molecule has 250 valence electrons. The minimum Gasteiger partial charge on any atom is -0.208 e. The molecule has 3 heteroatoms. The molecule has 3 nitrogen and oxygen atoms in total. The molecule has 1 aliphatic carbocycles. The van der Waals surface area contributed by atoms with Crippen molar-refractivity contribution in [3.63, 3.8) is 0 Å². The van der Waals surface area contributed by atoms with Crippen molar-refractivity contribution < 1.29 is 0 Å². The molecular weight excluding hydrogens is 619 g/mol. The van der Waals surface area contributed by atoms with Crippen molar-refractivity contribution in [1.29, 1.82) is 0 Å². The van der Waals surface area contributed by atoms with E-state index in [0.717, 1.165) is 22.3 Å². The predicted octanol–water partition coefficient (Wildman–Crippen LogP) is 12.5. The zero-order valence-electron chi connectivity index (χ0n) is 30.3. The topological polar surface area (TPSA) is 38.7 Å². The minimum atomic E-state index is 0.00413. The van der Waals surface area contributed by atoms with Gasteiger partial charge in [0.25, 0.3) is 0 Å². The van der Waals surface area contributed by atoms with Gasteiger partial charge in [-0.15, -0.1) is 0 Å². The number of rotatable bonds is 6. The van der Waals surface area contributed by atoms with Crippen LogP contribution < -0.4 is 0 Å². The largest absolute Gasteiger partial charge is 0.208 e. The van der Waals surface area contributed by atoms with Gasteiger partial charge in [-0.2, -0.15) is 0 Å². The predicted molar refractivity (Wildman–Crippen MR) is 212 cm³/mol. The molecule has 0 saturated carbocycles. The Morgan fingerprint density at radius 2 is 0.588 bits per heavy atom. The maximum Gasteiger partial charge on any atom is 0.164 e. The lowest BCUT2D eigenvalue weighted by Gasteiger charge is -2.44. The third-order valence-corrected chi connectivity index (χ3v) is 12.1. The molecule has 0 unspecified atom stereocenters. The molecule has 6 aromatic carbocycles. The van der Waals surface area contributed by atoms with Crippen LogP contribution in [0.2, 0.25) is 0 Å². The highest BCUT2D eigenvalue weighted by Gasteiger charge is 2.57. The number of aromatic nitrogens is 3. The van der Waals surface area contributed by atoms with E-state index >= 15 is 0 Å². The molecule has 1 aromatic heterocycles. The average Bonchev–Trinajstić information content (AvgIpc) is 3.28. The average molecular weight is 662 g/mol. The first-order valence-electron chi connectivity index (χ1n) is 17.9. The Bertz CT molecular complexity index is 2340. The molecule has 1 heterocycles. The van der Waals surface area contributed by atoms with Crippen LogP contribution in [-0.2, 0) is 10.8 Å². The fourth-order valence-electron chi connectivity index (χ4n) is 7.78. The second kappa shape index (κ2) is 12.3. The molecule has 7 aromatic rings. The molecule has 0 radical (unpaired) electrons. The first-order valence-corrected chi connectivity index (χ1v) is 17.9. The standard InChI is InChI=1S/C48H43N3/c1-46(2)41-30-39(34-18-12-8-13-19-34)40(31-42(41)47(3,4)48(46,5)6)35-24-28-38(29-25-35)45-50-43(36-20-14-9-15-21-36)49-44(51-45)37-26-22-33(23-27-37)32-16-10-7-11-17-32/h7-31H,1-6H3. The van der Waals surface area contributed by atoms with Crippen LogP contribution in [0.3, 0.4) is 0 Å². The first-order chi connectivity index (χ1) is 24.5. The van der Waals surface area contributed by atoms with Gasteiger partial charge in [-0.3, -0.25) is 0 Å². The molecule has 0 aliphatic heterocycles. The van der Waals surface area contributed by atoms with Crippen LogP contribution in [0.5, 0.6) is 0 Å². The zero-order chi connectivity index (χ0) is 35.4. The Morgan fingerprint density at radius 1 is 0.314 bits per heavy atom. The van der Waals surface area contributed by atoms with E-state index in [9.17, 15) is 0 Å². The highest BCUT2D eigenvalue weighted by Crippen LogP contribution is 2.62. The van der Waals surface area contributed by atoms with E-state index in [1.807, 2.05) is 36.4 Å². The molecule has 51 heavy (non-hydrogen) atoms. The first kappa shape index (κ1) is 32.5. The lowest BCUT2D eigenvalue weighted by Crippen LogP contribution is -2.42. The van der Waals surface area contributed by atoms with Gasteiger partial charge in [-0.25, -0.2) is 15.0 Å². The van der Waals surface area contributed by atoms with Crippen LogP contribution >= 0.6 is 0 Å². The molecule has 8 rings (SSSR count). The fourth-order valence-corrected chi connectivity index (χ4v) is 7.78. The van der Waals surface area contributed by atoms with Crippen molar-refractivity contribution in [3.8, 4) is 67.5 Å². The second-order valence-electron chi connectivity index (χ2n) is 15.4. The van der Waals surface area contributed by atoms with Crippen LogP contribution in [0.1, 0.15) is 52.7 Å². The van der Waals surface area contributed by atoms with Gasteiger partial charge in [0.2, 0.25) is 0 Å². The molecule has 0 saturated heterocycles. The zero-order valence-corrected chi connectivity index (χ0v) is 30.3. The Kier molecular flexibility index (Phi) is 7.83. The van der Waals surface area contributed by atoms with E-state index in [0.29, 0.717) is 17.5 Å². The van der Waals surface area contributed by atoms with Gasteiger partial charge in [-0.1, -0.05) is 181 Å². The number of nitrogens with zero attached hydrogens (tertiary/aromatic N) is 3. The van der Waals surface area contributed by atoms with Gasteiger partial charge in [-0.05, 0) is 72.9 Å². The van der Waals surface area contributed by atoms with Gasteiger partial charge in [0.1, 0.15) is 0 Å². The van der Waals surface area contributed by atoms with Crippen LogP contribution in [0.15, 0.2) is 152 Å². The number of benzene rings is 6. The van der Waals surface area contributed by atoms with Crippen LogP contribution in [0.25, 0.3) is 67.5 Å². The molecule has 0 fully saturated rings. The lowest BCUT2D eigenvalue weighted by atomic mass is 9.59. The Hall–Kier alpha value is -5.67. The maximum absolute atomic E-state index is 5.05. The third kappa shape index (κ3) is 5.49. The summed E-state index contributed by atoms with van der Waals surface area (Å²) in [6.07, 6.45) is 0. The fraction of sp³-hybridized carbons (Fsp3) is 0.188. The molecule has 0 atom stereocenters. The molecule has 0 bridgehead atoms. The molecule has 0 spiro atoms. The summed E-state index contributed by atoms with van der Waals surface area (Å²) in [7, 11) is 0. The van der Waals surface area contributed by atoms with Crippen LogP contribution in [0.4, 0.5) is 0 Å². The summed E-state index contributed by atoms with van der Waals surface area (Å²) < 4.78 is 0. The normalized spacial score (nSPS) is 15.3. The summed E-state index contributed by atoms with van der Waals surface area (Å²) in [6.45, 7) is 14.5. The van der Waals surface area contributed by atoms with E-state index in [2.05, 4.69) is 157 Å². The SMILES string of the molecule is CC1(C)c2cc(-c3ccccc3)c(-c3ccc(-c4nc(-c5ccccc5)nc(-c5ccc(-c6ccccc6)cc5)n4)cc3)cc2C(C)(C)C1(C)C. The van der Waals surface area contributed by atoms with Crippen molar-refractivity contribution >= 4 is 0 Å². The van der Waals surface area contributed by atoms with Crippen LogP contribution in [-0.4, -0.2) is 15.0 Å². The van der Waals surface area contributed by atoms with Crippen LogP contribution in [0, 0.1) is 5.41 Å². The van der Waals surface area contributed by atoms with E-state index in [4.69, 9.17) is 15.0 Å². The number of hydrogen-bond acceptors (Lipinski definition) is 3. The smallest absolute Gasteiger partial charge is 0.164 e. The van der Waals surface area contributed by atoms with E-state index in [-0.39, 0.29) is 16.2 Å². The molecule has 0 amide bonds. The highest BCUT2D eigenvalue weighted by molar-refractivity contribution is 5.86. The maximum atomic E-state index is 5.05. The summed E-state index contributed by atoms with van der Waals surface area (Å²) in [4.78, 5) is 15.0. The summed E-state index contributed by atoms with van der Waals surface area (Å²) in [5, 5.41) is 0. The molecular formula is C48H43N3. The summed E-state index contributed by atoms with van der Waals surface area (Å²) in [6, 6.07) is 53.5. The monoisotopic (exact) mass is 661 g/mol. The number of hydrogen-bond donors (Lipinski definition) is 0. The van der Waals surface area contributed by atoms with Gasteiger partial charge in [0, 0.05) is 16.7 Å². The van der Waals surface area contributed by atoms with E-state index < -0.39 is 0 Å². The number of fused-ring (bicyclic) bond motifs is 1.